The molecule has 0 spiro atoms. The van der Waals surface area contributed by atoms with Crippen molar-refractivity contribution in [1.29, 1.82) is 0 Å². The van der Waals surface area contributed by atoms with Crippen LogP contribution in [0.3, 0.4) is 0 Å². The zero-order valence-electron chi connectivity index (χ0n) is 8.21. The zero-order valence-corrected chi connectivity index (χ0v) is 8.97. The number of hydrazine groups is 1. The molecular weight excluding hydrogens is 216 g/mol. The second kappa shape index (κ2) is 5.36. The van der Waals surface area contributed by atoms with Gasteiger partial charge in [0.25, 0.3) is 11.8 Å². The number of amides is 2. The highest BCUT2D eigenvalue weighted by molar-refractivity contribution is 6.27. The summed E-state index contributed by atoms with van der Waals surface area (Å²) in [5, 5.41) is 0. The lowest BCUT2D eigenvalue weighted by atomic mass is 10.1. The van der Waals surface area contributed by atoms with Crippen molar-refractivity contribution in [3.8, 4) is 0 Å². The minimum Gasteiger partial charge on any atom is -0.272 e. The number of alkyl halides is 1. The molecule has 0 aliphatic rings. The quantitative estimate of drug-likeness (QED) is 0.584. The molecule has 2 N–H and O–H groups in total. The number of nitrogens with one attached hydrogen (secondary N) is 2. The van der Waals surface area contributed by atoms with Gasteiger partial charge in [-0.3, -0.25) is 20.4 Å². The predicted octanol–water partition coefficient (Wildman–Crippen LogP) is 0.995. The monoisotopic (exact) mass is 226 g/mol. The summed E-state index contributed by atoms with van der Waals surface area (Å²) in [7, 11) is 0. The minimum absolute atomic E-state index is 0.186. The van der Waals surface area contributed by atoms with Crippen LogP contribution in [0, 0.1) is 6.92 Å². The summed E-state index contributed by atoms with van der Waals surface area (Å²) in [6, 6.07) is 7.09. The molecule has 1 rings (SSSR count). The lowest BCUT2D eigenvalue weighted by Crippen LogP contribution is -2.42. The predicted molar refractivity (Wildman–Crippen MR) is 57.5 cm³/mol. The van der Waals surface area contributed by atoms with Crippen molar-refractivity contribution in [3.05, 3.63) is 35.4 Å². The lowest BCUT2D eigenvalue weighted by molar-refractivity contribution is -0.119. The Balaban J connectivity index is 2.62. The molecule has 1 aromatic rings. The summed E-state index contributed by atoms with van der Waals surface area (Å²) < 4.78 is 0. The van der Waals surface area contributed by atoms with Crippen LogP contribution >= 0.6 is 11.6 Å². The Hall–Kier alpha value is -1.55. The first-order chi connectivity index (χ1) is 7.15. The fourth-order valence-electron chi connectivity index (χ4n) is 1.05. The van der Waals surface area contributed by atoms with Crippen molar-refractivity contribution in [2.75, 3.05) is 5.88 Å². The fourth-order valence-corrected chi connectivity index (χ4v) is 1.12. The van der Waals surface area contributed by atoms with Gasteiger partial charge in [0.1, 0.15) is 5.88 Å². The highest BCUT2D eigenvalue weighted by atomic mass is 35.5. The third-order valence-corrected chi connectivity index (χ3v) is 2.07. The molecule has 0 aromatic heterocycles. The molecule has 0 atom stereocenters. The van der Waals surface area contributed by atoms with E-state index in [-0.39, 0.29) is 11.8 Å². The molecule has 0 saturated heterocycles. The van der Waals surface area contributed by atoms with Gasteiger partial charge in [-0.2, -0.15) is 0 Å². The van der Waals surface area contributed by atoms with E-state index >= 15 is 0 Å². The number of carbonyl (C=O) groups excluding carboxylic acids is 2. The van der Waals surface area contributed by atoms with E-state index in [1.54, 1.807) is 12.1 Å². The number of rotatable bonds is 2. The van der Waals surface area contributed by atoms with Gasteiger partial charge >= 0.3 is 0 Å². The van der Waals surface area contributed by atoms with Crippen LogP contribution in [0.25, 0.3) is 0 Å². The molecule has 0 unspecified atom stereocenters. The number of hydrogen-bond donors (Lipinski definition) is 2. The summed E-state index contributed by atoms with van der Waals surface area (Å²) in [5.74, 6) is -0.987. The third-order valence-electron chi connectivity index (χ3n) is 1.83. The molecule has 0 radical (unpaired) electrons. The van der Waals surface area contributed by atoms with Gasteiger partial charge in [0.05, 0.1) is 0 Å². The van der Waals surface area contributed by atoms with Crippen molar-refractivity contribution >= 4 is 23.4 Å². The summed E-state index contributed by atoms with van der Waals surface area (Å²) in [6.45, 7) is 1.82. The van der Waals surface area contributed by atoms with Crippen LogP contribution in [-0.2, 0) is 4.79 Å². The van der Waals surface area contributed by atoms with E-state index < -0.39 is 5.91 Å². The first kappa shape index (κ1) is 11.5. The Morgan fingerprint density at radius 1 is 1.27 bits per heavy atom. The van der Waals surface area contributed by atoms with Crippen LogP contribution < -0.4 is 10.9 Å². The number of carbonyl (C=O) groups is 2. The van der Waals surface area contributed by atoms with Crippen molar-refractivity contribution in [2.24, 2.45) is 0 Å². The summed E-state index contributed by atoms with van der Waals surface area (Å²) in [5.41, 5.74) is 5.82. The molecule has 5 heteroatoms. The Morgan fingerprint density at radius 2 is 1.93 bits per heavy atom. The average molecular weight is 227 g/mol. The van der Waals surface area contributed by atoms with Gasteiger partial charge in [0.15, 0.2) is 0 Å². The van der Waals surface area contributed by atoms with Crippen molar-refractivity contribution in [2.45, 2.75) is 6.92 Å². The molecule has 0 fully saturated rings. The fraction of sp³-hybridized carbons (Fsp3) is 0.200. The third kappa shape index (κ3) is 3.25. The second-order valence-electron chi connectivity index (χ2n) is 2.95. The number of benzene rings is 1. The molecule has 15 heavy (non-hydrogen) atoms. The van der Waals surface area contributed by atoms with Crippen molar-refractivity contribution < 1.29 is 9.59 Å². The largest absolute Gasteiger partial charge is 0.272 e. The SMILES string of the molecule is Cc1ccccc1C(=O)NNC(=O)CCl. The lowest BCUT2D eigenvalue weighted by Gasteiger charge is -2.07. The van der Waals surface area contributed by atoms with Crippen LogP contribution in [0.4, 0.5) is 0 Å². The Labute approximate surface area is 92.6 Å². The van der Waals surface area contributed by atoms with Crippen molar-refractivity contribution in [1.82, 2.24) is 10.9 Å². The standard InChI is InChI=1S/C10H11ClN2O2/c1-7-4-2-3-5-8(7)10(15)13-12-9(14)6-11/h2-5H,6H2,1H3,(H,12,14)(H,13,15). The maximum Gasteiger partial charge on any atom is 0.269 e. The highest BCUT2D eigenvalue weighted by Crippen LogP contribution is 2.05. The van der Waals surface area contributed by atoms with Gasteiger partial charge in [0.2, 0.25) is 0 Å². The van der Waals surface area contributed by atoms with Gasteiger partial charge in [-0.1, -0.05) is 18.2 Å². The zero-order chi connectivity index (χ0) is 11.3. The molecule has 0 aliphatic heterocycles. The smallest absolute Gasteiger partial charge is 0.269 e. The van der Waals surface area contributed by atoms with Gasteiger partial charge in [0, 0.05) is 5.56 Å². The van der Waals surface area contributed by atoms with E-state index in [4.69, 9.17) is 11.6 Å². The second-order valence-corrected chi connectivity index (χ2v) is 3.22. The maximum absolute atomic E-state index is 11.5. The topological polar surface area (TPSA) is 58.2 Å². The maximum atomic E-state index is 11.5. The summed E-state index contributed by atoms with van der Waals surface area (Å²) >= 11 is 5.25. The van der Waals surface area contributed by atoms with Gasteiger partial charge in [-0.05, 0) is 18.6 Å². The Kier molecular flexibility index (Phi) is 4.12. The average Bonchev–Trinajstić information content (AvgIpc) is 2.26. The minimum atomic E-state index is -0.446. The van der Waals surface area contributed by atoms with Gasteiger partial charge in [-0.25, -0.2) is 0 Å². The molecule has 1 aromatic carbocycles. The van der Waals surface area contributed by atoms with Crippen LogP contribution in [0.5, 0.6) is 0 Å². The number of aryl methyl sites for hydroxylation is 1. The normalized spacial score (nSPS) is 9.47. The molecule has 0 saturated carbocycles. The Morgan fingerprint density at radius 3 is 2.53 bits per heavy atom. The summed E-state index contributed by atoms with van der Waals surface area (Å²) in [4.78, 5) is 22.3. The van der Waals surface area contributed by atoms with E-state index in [0.29, 0.717) is 5.56 Å². The number of hydrogen-bond acceptors (Lipinski definition) is 2. The van der Waals surface area contributed by atoms with Gasteiger partial charge in [-0.15, -0.1) is 11.6 Å². The molecule has 0 bridgehead atoms. The van der Waals surface area contributed by atoms with Crippen LogP contribution in [-0.4, -0.2) is 17.7 Å². The van der Waals surface area contributed by atoms with Crippen LogP contribution in [0.15, 0.2) is 24.3 Å². The molecule has 2 amide bonds. The molecule has 0 aliphatic carbocycles. The molecule has 4 nitrogen and oxygen atoms in total. The van der Waals surface area contributed by atoms with Gasteiger partial charge < -0.3 is 0 Å². The van der Waals surface area contributed by atoms with Crippen molar-refractivity contribution in [3.63, 3.8) is 0 Å². The summed E-state index contributed by atoms with van der Waals surface area (Å²) in [6.07, 6.45) is 0. The van der Waals surface area contributed by atoms with E-state index in [1.807, 2.05) is 19.1 Å². The number of halogens is 1. The first-order valence-electron chi connectivity index (χ1n) is 4.36. The van der Waals surface area contributed by atoms with E-state index in [1.165, 1.54) is 0 Å². The highest BCUT2D eigenvalue weighted by Gasteiger charge is 2.08. The molecular formula is C10H11ClN2O2. The molecule has 0 heterocycles. The van der Waals surface area contributed by atoms with Crippen LogP contribution in [0.1, 0.15) is 15.9 Å². The van der Waals surface area contributed by atoms with E-state index in [2.05, 4.69) is 10.9 Å². The van der Waals surface area contributed by atoms with E-state index in [9.17, 15) is 9.59 Å². The van der Waals surface area contributed by atoms with Crippen LogP contribution in [0.2, 0.25) is 0 Å². The Bertz CT molecular complexity index is 379. The van der Waals surface area contributed by atoms with E-state index in [0.717, 1.165) is 5.56 Å². The molecule has 80 valence electrons. The first-order valence-corrected chi connectivity index (χ1v) is 4.89.